The van der Waals surface area contributed by atoms with Gasteiger partial charge in [-0.3, -0.25) is 0 Å². The molecule has 3 heteroatoms. The maximum absolute atomic E-state index is 9.06. The van der Waals surface area contributed by atoms with Crippen LogP contribution in [0.5, 0.6) is 5.75 Å². The topological polar surface area (TPSA) is 41.5 Å². The van der Waals surface area contributed by atoms with E-state index in [0.717, 1.165) is 18.7 Å². The van der Waals surface area contributed by atoms with Crippen LogP contribution in [0.15, 0.2) is 24.3 Å². The summed E-state index contributed by atoms with van der Waals surface area (Å²) in [6.07, 6.45) is 3.39. The minimum atomic E-state index is 0.275. The fourth-order valence-electron chi connectivity index (χ4n) is 2.43. The molecule has 0 aromatic heterocycles. The van der Waals surface area contributed by atoms with Crippen LogP contribution in [0.25, 0.3) is 0 Å². The Morgan fingerprint density at radius 3 is 2.72 bits per heavy atom. The zero-order valence-electron chi connectivity index (χ0n) is 11.3. The van der Waals surface area contributed by atoms with Crippen LogP contribution < -0.4 is 10.1 Å². The second-order valence-electron chi connectivity index (χ2n) is 5.32. The number of aliphatic hydroxyl groups is 1. The highest BCUT2D eigenvalue weighted by molar-refractivity contribution is 5.35. The fourth-order valence-corrected chi connectivity index (χ4v) is 2.43. The number of aliphatic hydroxyl groups excluding tert-OH is 1. The molecule has 1 fully saturated rings. The fraction of sp³-hybridized carbons (Fsp3) is 0.600. The van der Waals surface area contributed by atoms with E-state index in [0.29, 0.717) is 12.0 Å². The number of para-hydroxylation sites is 1. The molecule has 0 amide bonds. The highest BCUT2D eigenvalue weighted by atomic mass is 16.5. The average molecular weight is 249 g/mol. The van der Waals surface area contributed by atoms with E-state index >= 15 is 0 Å². The maximum atomic E-state index is 9.06. The van der Waals surface area contributed by atoms with E-state index in [1.807, 2.05) is 18.2 Å². The van der Waals surface area contributed by atoms with Gasteiger partial charge in [-0.2, -0.15) is 0 Å². The number of nitrogens with one attached hydrogen (secondary N) is 1. The van der Waals surface area contributed by atoms with Gasteiger partial charge >= 0.3 is 0 Å². The second-order valence-corrected chi connectivity index (χ2v) is 5.32. The molecule has 0 spiro atoms. The second kappa shape index (κ2) is 5.72. The highest BCUT2D eigenvalue weighted by Gasteiger charge is 2.41. The molecule has 1 aliphatic carbocycles. The molecule has 1 saturated carbocycles. The first kappa shape index (κ1) is 13.4. The van der Waals surface area contributed by atoms with Crippen molar-refractivity contribution < 1.29 is 9.84 Å². The van der Waals surface area contributed by atoms with Gasteiger partial charge in [0.1, 0.15) is 5.75 Å². The molecule has 18 heavy (non-hydrogen) atoms. The van der Waals surface area contributed by atoms with Gasteiger partial charge in [-0.15, -0.1) is 0 Å². The Morgan fingerprint density at radius 2 is 2.11 bits per heavy atom. The molecule has 2 rings (SSSR count). The Morgan fingerprint density at radius 1 is 1.39 bits per heavy atom. The minimum Gasteiger partial charge on any atom is -0.496 e. The molecule has 100 valence electrons. The number of hydrogen-bond donors (Lipinski definition) is 2. The molecular formula is C15H23NO2. The van der Waals surface area contributed by atoms with Crippen molar-refractivity contribution in [3.8, 4) is 5.75 Å². The smallest absolute Gasteiger partial charge is 0.123 e. The molecule has 3 nitrogen and oxygen atoms in total. The van der Waals surface area contributed by atoms with E-state index in [2.05, 4.69) is 18.3 Å². The Kier molecular flexibility index (Phi) is 4.25. The standard InChI is InChI=1S/C15H23NO2/c1-12(13-5-3-4-6-14(13)18-2)16-11-15(7-8-15)9-10-17/h3-6,12,16-17H,7-11H2,1-2H3. The first-order valence-electron chi connectivity index (χ1n) is 6.68. The third kappa shape index (κ3) is 3.03. The van der Waals surface area contributed by atoms with Gasteiger partial charge in [0.05, 0.1) is 7.11 Å². The quantitative estimate of drug-likeness (QED) is 0.780. The van der Waals surface area contributed by atoms with E-state index in [4.69, 9.17) is 9.84 Å². The summed E-state index contributed by atoms with van der Waals surface area (Å²) < 4.78 is 5.38. The molecule has 1 atom stereocenters. The largest absolute Gasteiger partial charge is 0.496 e. The van der Waals surface area contributed by atoms with Gasteiger partial charge in [-0.25, -0.2) is 0 Å². The third-order valence-corrected chi connectivity index (χ3v) is 3.99. The van der Waals surface area contributed by atoms with Gasteiger partial charge in [0.25, 0.3) is 0 Å². The van der Waals surface area contributed by atoms with Crippen molar-refractivity contribution in [3.63, 3.8) is 0 Å². The first-order chi connectivity index (χ1) is 8.71. The van der Waals surface area contributed by atoms with E-state index in [1.54, 1.807) is 7.11 Å². The number of hydrogen-bond acceptors (Lipinski definition) is 3. The molecule has 1 unspecified atom stereocenters. The molecule has 1 aromatic rings. The minimum absolute atomic E-state index is 0.275. The van der Waals surface area contributed by atoms with Gasteiger partial charge < -0.3 is 15.2 Å². The number of ether oxygens (including phenoxy) is 1. The van der Waals surface area contributed by atoms with Crippen molar-refractivity contribution >= 4 is 0 Å². The molecule has 0 heterocycles. The van der Waals surface area contributed by atoms with Crippen LogP contribution in [-0.4, -0.2) is 25.4 Å². The van der Waals surface area contributed by atoms with Crippen molar-refractivity contribution in [2.24, 2.45) is 5.41 Å². The number of benzene rings is 1. The van der Waals surface area contributed by atoms with Crippen LogP contribution in [0.4, 0.5) is 0 Å². The zero-order chi connectivity index (χ0) is 13.0. The number of methoxy groups -OCH3 is 1. The predicted octanol–water partition coefficient (Wildman–Crippen LogP) is 2.51. The summed E-state index contributed by atoms with van der Waals surface area (Å²) in [6.45, 7) is 3.43. The van der Waals surface area contributed by atoms with Gasteiger partial charge in [-0.05, 0) is 37.7 Å². The zero-order valence-corrected chi connectivity index (χ0v) is 11.3. The summed E-state index contributed by atoms with van der Waals surface area (Å²) in [5, 5.41) is 12.6. The van der Waals surface area contributed by atoms with E-state index in [9.17, 15) is 0 Å². The van der Waals surface area contributed by atoms with Gasteiger partial charge in [0.2, 0.25) is 0 Å². The normalized spacial score (nSPS) is 18.4. The highest BCUT2D eigenvalue weighted by Crippen LogP contribution is 2.48. The maximum Gasteiger partial charge on any atom is 0.123 e. The van der Waals surface area contributed by atoms with Crippen molar-refractivity contribution in [2.75, 3.05) is 20.3 Å². The Balaban J connectivity index is 1.93. The molecule has 0 aliphatic heterocycles. The van der Waals surface area contributed by atoms with Crippen LogP contribution in [0.1, 0.15) is 37.8 Å². The molecule has 0 radical (unpaired) electrons. The molecule has 0 bridgehead atoms. The van der Waals surface area contributed by atoms with Crippen molar-refractivity contribution in [1.29, 1.82) is 0 Å². The third-order valence-electron chi connectivity index (χ3n) is 3.99. The van der Waals surface area contributed by atoms with Gasteiger partial charge in [-0.1, -0.05) is 18.2 Å². The average Bonchev–Trinajstić information content (AvgIpc) is 3.16. The van der Waals surface area contributed by atoms with Crippen LogP contribution in [-0.2, 0) is 0 Å². The van der Waals surface area contributed by atoms with Crippen molar-refractivity contribution in [2.45, 2.75) is 32.2 Å². The molecule has 0 saturated heterocycles. The first-order valence-corrected chi connectivity index (χ1v) is 6.68. The van der Waals surface area contributed by atoms with Crippen LogP contribution in [0.2, 0.25) is 0 Å². The summed E-state index contributed by atoms with van der Waals surface area (Å²) in [5.74, 6) is 0.935. The lowest BCUT2D eigenvalue weighted by molar-refractivity contribution is 0.242. The van der Waals surface area contributed by atoms with Crippen LogP contribution in [0.3, 0.4) is 0 Å². The molecule has 2 N–H and O–H groups in total. The molecule has 1 aromatic carbocycles. The summed E-state index contributed by atoms with van der Waals surface area (Å²) in [5.41, 5.74) is 1.55. The Labute approximate surface area is 109 Å². The SMILES string of the molecule is COc1ccccc1C(C)NCC1(CCO)CC1. The summed E-state index contributed by atoms with van der Waals surface area (Å²) >= 11 is 0. The van der Waals surface area contributed by atoms with Gasteiger partial charge in [0, 0.05) is 24.8 Å². The van der Waals surface area contributed by atoms with E-state index in [1.165, 1.54) is 18.4 Å². The van der Waals surface area contributed by atoms with Crippen molar-refractivity contribution in [1.82, 2.24) is 5.32 Å². The van der Waals surface area contributed by atoms with Gasteiger partial charge in [0.15, 0.2) is 0 Å². The Hall–Kier alpha value is -1.06. The monoisotopic (exact) mass is 249 g/mol. The lowest BCUT2D eigenvalue weighted by Crippen LogP contribution is -2.27. The number of rotatable bonds is 7. The lowest BCUT2D eigenvalue weighted by Gasteiger charge is -2.21. The lowest BCUT2D eigenvalue weighted by atomic mass is 10.0. The molecule has 1 aliphatic rings. The van der Waals surface area contributed by atoms with Crippen molar-refractivity contribution in [3.05, 3.63) is 29.8 Å². The summed E-state index contributed by atoms with van der Waals surface area (Å²) in [6, 6.07) is 8.40. The predicted molar refractivity (Wildman–Crippen MR) is 72.8 cm³/mol. The van der Waals surface area contributed by atoms with Crippen LogP contribution in [0, 0.1) is 5.41 Å². The molecular weight excluding hydrogens is 226 g/mol. The summed E-state index contributed by atoms with van der Waals surface area (Å²) in [4.78, 5) is 0. The summed E-state index contributed by atoms with van der Waals surface area (Å²) in [7, 11) is 1.71. The van der Waals surface area contributed by atoms with Crippen LogP contribution >= 0.6 is 0 Å². The van der Waals surface area contributed by atoms with E-state index in [-0.39, 0.29) is 6.04 Å². The van der Waals surface area contributed by atoms with E-state index < -0.39 is 0 Å². The Bertz CT molecular complexity index is 388.